The average Bonchev–Trinajstić information content (AvgIpc) is 3.28. The Hall–Kier alpha value is -2.12. The second-order valence-corrected chi connectivity index (χ2v) is 6.70. The Morgan fingerprint density at radius 3 is 2.09 bits per heavy atom. The van der Waals surface area contributed by atoms with E-state index in [-0.39, 0.29) is 17.6 Å². The number of carbonyl (C=O) groups excluding carboxylic acids is 2. The van der Waals surface area contributed by atoms with E-state index in [1.165, 1.54) is 4.68 Å². The van der Waals surface area contributed by atoms with Gasteiger partial charge in [-0.2, -0.15) is 5.10 Å². The molecule has 1 aromatic heterocycles. The fourth-order valence-electron chi connectivity index (χ4n) is 3.24. The lowest BCUT2D eigenvalue weighted by molar-refractivity contribution is -0.154. The zero-order valence-corrected chi connectivity index (χ0v) is 13.0. The Morgan fingerprint density at radius 1 is 0.957 bits per heavy atom. The molecule has 1 aromatic rings. The summed E-state index contributed by atoms with van der Waals surface area (Å²) in [5, 5.41) is 4.42. The molecule has 0 spiro atoms. The van der Waals surface area contributed by atoms with Gasteiger partial charge >= 0.3 is 17.5 Å². The molecule has 3 aliphatic rings. The third kappa shape index (κ3) is 2.66. The summed E-state index contributed by atoms with van der Waals surface area (Å²) in [6.45, 7) is 2.38. The first-order valence-corrected chi connectivity index (χ1v) is 8.40. The molecule has 0 radical (unpaired) electrons. The van der Waals surface area contributed by atoms with E-state index in [1.54, 1.807) is 9.80 Å². The molecule has 8 heteroatoms. The number of amides is 2. The first kappa shape index (κ1) is 14.5. The Labute approximate surface area is 133 Å². The molecule has 1 saturated carbocycles. The zero-order chi connectivity index (χ0) is 16.0. The Morgan fingerprint density at radius 2 is 1.57 bits per heavy atom. The van der Waals surface area contributed by atoms with E-state index in [0.29, 0.717) is 44.9 Å². The minimum Gasteiger partial charge on any atom is -0.334 e. The zero-order valence-electron chi connectivity index (χ0n) is 13.0. The van der Waals surface area contributed by atoms with Crippen molar-refractivity contribution in [2.24, 2.45) is 0 Å². The number of piperidine rings is 1. The smallest absolute Gasteiger partial charge is 0.334 e. The third-order valence-corrected chi connectivity index (χ3v) is 5.05. The van der Waals surface area contributed by atoms with Crippen LogP contribution < -0.4 is 5.69 Å². The van der Waals surface area contributed by atoms with Crippen LogP contribution in [0.15, 0.2) is 4.79 Å². The summed E-state index contributed by atoms with van der Waals surface area (Å²) in [6.07, 6.45) is 4.49. The lowest BCUT2D eigenvalue weighted by Crippen LogP contribution is -2.52. The van der Waals surface area contributed by atoms with Gasteiger partial charge in [0.2, 0.25) is 0 Å². The van der Waals surface area contributed by atoms with Gasteiger partial charge in [-0.1, -0.05) is 0 Å². The summed E-state index contributed by atoms with van der Waals surface area (Å²) in [5.74, 6) is 0.417. The predicted molar refractivity (Wildman–Crippen MR) is 80.9 cm³/mol. The molecule has 2 amide bonds. The summed E-state index contributed by atoms with van der Waals surface area (Å²) in [7, 11) is 0. The molecule has 0 aromatic carbocycles. The highest BCUT2D eigenvalue weighted by Crippen LogP contribution is 2.37. The molecule has 3 heterocycles. The summed E-state index contributed by atoms with van der Waals surface area (Å²) in [6, 6.07) is 0.00871. The molecule has 124 valence electrons. The van der Waals surface area contributed by atoms with Crippen molar-refractivity contribution >= 4 is 11.8 Å². The maximum Gasteiger partial charge on any atom is 0.343 e. The Kier molecular flexibility index (Phi) is 3.46. The van der Waals surface area contributed by atoms with Crippen LogP contribution in [-0.2, 0) is 9.59 Å². The van der Waals surface area contributed by atoms with E-state index in [2.05, 4.69) is 10.1 Å². The van der Waals surface area contributed by atoms with Crippen LogP contribution in [0, 0.1) is 0 Å². The average molecular weight is 319 g/mol. The molecule has 0 bridgehead atoms. The molecule has 23 heavy (non-hydrogen) atoms. The minimum absolute atomic E-state index is 0.00871. The van der Waals surface area contributed by atoms with Crippen LogP contribution in [0.25, 0.3) is 0 Å². The molecule has 2 aliphatic heterocycles. The summed E-state index contributed by atoms with van der Waals surface area (Å²) >= 11 is 0. The molecule has 0 unspecified atom stereocenters. The minimum atomic E-state index is -0.406. The van der Waals surface area contributed by atoms with Gasteiger partial charge < -0.3 is 9.80 Å². The summed E-state index contributed by atoms with van der Waals surface area (Å²) in [4.78, 5) is 42.2. The lowest BCUT2D eigenvalue weighted by atomic mass is 10.0. The third-order valence-electron chi connectivity index (χ3n) is 5.05. The fraction of sp³-hybridized carbons (Fsp3) is 0.733. The van der Waals surface area contributed by atoms with Crippen LogP contribution in [0.3, 0.4) is 0 Å². The van der Waals surface area contributed by atoms with E-state index in [9.17, 15) is 14.4 Å². The summed E-state index contributed by atoms with van der Waals surface area (Å²) < 4.78 is 1.53. The van der Waals surface area contributed by atoms with Crippen molar-refractivity contribution < 1.29 is 9.59 Å². The largest absolute Gasteiger partial charge is 0.343 e. The first-order chi connectivity index (χ1) is 11.1. The number of nitrogens with one attached hydrogen (secondary N) is 1. The van der Waals surface area contributed by atoms with Crippen molar-refractivity contribution in [1.29, 1.82) is 0 Å². The highest BCUT2D eigenvalue weighted by molar-refractivity contribution is 6.35. The van der Waals surface area contributed by atoms with Gasteiger partial charge in [0.1, 0.15) is 5.82 Å². The summed E-state index contributed by atoms with van der Waals surface area (Å²) in [5.41, 5.74) is -0.159. The van der Waals surface area contributed by atoms with Crippen molar-refractivity contribution in [2.45, 2.75) is 44.1 Å². The second kappa shape index (κ2) is 5.50. The monoisotopic (exact) mass is 319 g/mol. The molecular weight excluding hydrogens is 298 g/mol. The number of hydrogen-bond acceptors (Lipinski definition) is 4. The van der Waals surface area contributed by atoms with Crippen LogP contribution in [0.1, 0.15) is 49.9 Å². The van der Waals surface area contributed by atoms with Gasteiger partial charge in [-0.15, -0.1) is 0 Å². The Balaban J connectivity index is 1.38. The first-order valence-electron chi connectivity index (χ1n) is 8.40. The molecule has 0 atom stereocenters. The van der Waals surface area contributed by atoms with Gasteiger partial charge in [0.15, 0.2) is 0 Å². The number of aromatic nitrogens is 3. The molecule has 2 saturated heterocycles. The standard InChI is InChI=1S/C15H21N5O3/c21-13(18-6-1-7-18)14(22)19-8-4-11(5-9-19)20-15(23)16-12(17-20)10-2-3-10/h10-11H,1-9H2,(H,16,17,23). The number of H-pyrrole nitrogens is 1. The van der Waals surface area contributed by atoms with E-state index >= 15 is 0 Å². The van der Waals surface area contributed by atoms with Crippen molar-refractivity contribution in [2.75, 3.05) is 26.2 Å². The van der Waals surface area contributed by atoms with Crippen molar-refractivity contribution in [1.82, 2.24) is 24.6 Å². The highest BCUT2D eigenvalue weighted by Gasteiger charge is 2.34. The fourth-order valence-corrected chi connectivity index (χ4v) is 3.24. The molecule has 3 fully saturated rings. The highest BCUT2D eigenvalue weighted by atomic mass is 16.2. The van der Waals surface area contributed by atoms with Gasteiger partial charge in [0, 0.05) is 32.1 Å². The molecular formula is C15H21N5O3. The van der Waals surface area contributed by atoms with Gasteiger partial charge in [-0.3, -0.25) is 14.6 Å². The number of carbonyl (C=O) groups is 2. The second-order valence-electron chi connectivity index (χ2n) is 6.70. The molecule has 4 rings (SSSR count). The van der Waals surface area contributed by atoms with Crippen LogP contribution in [-0.4, -0.2) is 62.6 Å². The normalized spacial score (nSPS) is 22.1. The maximum absolute atomic E-state index is 12.2. The van der Waals surface area contributed by atoms with Gasteiger partial charge in [0.25, 0.3) is 0 Å². The number of aromatic amines is 1. The Bertz CT molecular complexity index is 678. The SMILES string of the molecule is O=C(C(=O)N1CCC(n2nc(C3CC3)[nH]c2=O)CC1)N1CCC1. The quantitative estimate of drug-likeness (QED) is 0.767. The van der Waals surface area contributed by atoms with E-state index in [4.69, 9.17) is 0 Å². The molecule has 1 N–H and O–H groups in total. The van der Waals surface area contributed by atoms with Gasteiger partial charge in [0.05, 0.1) is 6.04 Å². The van der Waals surface area contributed by atoms with Crippen LogP contribution in [0.4, 0.5) is 0 Å². The van der Waals surface area contributed by atoms with E-state index in [1.807, 2.05) is 0 Å². The number of hydrogen-bond donors (Lipinski definition) is 1. The number of rotatable bonds is 2. The predicted octanol–water partition coefficient (Wildman–Crippen LogP) is -0.155. The topological polar surface area (TPSA) is 91.3 Å². The van der Waals surface area contributed by atoms with Crippen LogP contribution in [0.2, 0.25) is 0 Å². The van der Waals surface area contributed by atoms with Gasteiger partial charge in [-0.25, -0.2) is 9.48 Å². The van der Waals surface area contributed by atoms with Crippen molar-refractivity contribution in [3.05, 3.63) is 16.3 Å². The maximum atomic E-state index is 12.2. The van der Waals surface area contributed by atoms with Gasteiger partial charge in [-0.05, 0) is 32.1 Å². The van der Waals surface area contributed by atoms with Crippen molar-refractivity contribution in [3.8, 4) is 0 Å². The van der Waals surface area contributed by atoms with Crippen LogP contribution in [0.5, 0.6) is 0 Å². The van der Waals surface area contributed by atoms with Crippen molar-refractivity contribution in [3.63, 3.8) is 0 Å². The van der Waals surface area contributed by atoms with E-state index < -0.39 is 5.91 Å². The number of nitrogens with zero attached hydrogens (tertiary/aromatic N) is 4. The lowest BCUT2D eigenvalue weighted by Gasteiger charge is -2.35. The number of likely N-dealkylation sites (tertiary alicyclic amines) is 2. The molecule has 8 nitrogen and oxygen atoms in total. The van der Waals surface area contributed by atoms with E-state index in [0.717, 1.165) is 25.1 Å². The van der Waals surface area contributed by atoms with Crippen LogP contribution >= 0.6 is 0 Å². The molecule has 1 aliphatic carbocycles.